The van der Waals surface area contributed by atoms with Gasteiger partial charge in [0.1, 0.15) is 0 Å². The van der Waals surface area contributed by atoms with Crippen LogP contribution in [0.1, 0.15) is 27.2 Å². The summed E-state index contributed by atoms with van der Waals surface area (Å²) in [5.41, 5.74) is 6.85. The minimum atomic E-state index is -0.552. The van der Waals surface area contributed by atoms with Crippen molar-refractivity contribution in [1.82, 2.24) is 0 Å². The van der Waals surface area contributed by atoms with Crippen LogP contribution in [0.5, 0.6) is 0 Å². The first-order chi connectivity index (χ1) is 9.29. The van der Waals surface area contributed by atoms with Crippen molar-refractivity contribution < 1.29 is 9.59 Å². The highest BCUT2D eigenvalue weighted by molar-refractivity contribution is 6.34. The van der Waals surface area contributed by atoms with Gasteiger partial charge in [0.15, 0.2) is 0 Å². The molecule has 1 aromatic carbocycles. The van der Waals surface area contributed by atoms with Crippen molar-refractivity contribution in [2.24, 2.45) is 11.7 Å². The molecular weight excluding hydrogens is 278 g/mol. The Balaban J connectivity index is 2.71. The molecule has 0 bridgehead atoms. The first kappa shape index (κ1) is 16.5. The normalized spacial score (nSPS) is 12.1. The van der Waals surface area contributed by atoms with E-state index < -0.39 is 6.04 Å². The second-order valence-electron chi connectivity index (χ2n) is 5.10. The van der Waals surface area contributed by atoms with Crippen LogP contribution in [-0.2, 0) is 9.59 Å². The van der Waals surface area contributed by atoms with Gasteiger partial charge in [0.05, 0.1) is 16.8 Å². The number of benzene rings is 1. The molecule has 0 spiro atoms. The molecule has 1 atom stereocenters. The number of amides is 2. The smallest absolute Gasteiger partial charge is 0.241 e. The van der Waals surface area contributed by atoms with E-state index in [0.29, 0.717) is 28.7 Å². The van der Waals surface area contributed by atoms with Crippen molar-refractivity contribution in [3.05, 3.63) is 23.2 Å². The van der Waals surface area contributed by atoms with Gasteiger partial charge in [-0.1, -0.05) is 25.4 Å². The molecule has 5 nitrogen and oxygen atoms in total. The molecule has 0 aliphatic rings. The summed E-state index contributed by atoms with van der Waals surface area (Å²) in [5.74, 6) is -0.105. The third-order valence-electron chi connectivity index (χ3n) is 2.61. The van der Waals surface area contributed by atoms with Crippen LogP contribution in [0.25, 0.3) is 0 Å². The molecule has 0 saturated carbocycles. The lowest BCUT2D eigenvalue weighted by Crippen LogP contribution is -2.36. The van der Waals surface area contributed by atoms with Gasteiger partial charge in [-0.05, 0) is 30.5 Å². The third-order valence-corrected chi connectivity index (χ3v) is 2.92. The summed E-state index contributed by atoms with van der Waals surface area (Å²) in [5, 5.41) is 5.66. The number of nitrogens with two attached hydrogens (primary N) is 1. The molecule has 0 heterocycles. The lowest BCUT2D eigenvalue weighted by Gasteiger charge is -2.15. The van der Waals surface area contributed by atoms with Gasteiger partial charge in [-0.2, -0.15) is 0 Å². The van der Waals surface area contributed by atoms with Gasteiger partial charge in [-0.25, -0.2) is 0 Å². The largest absolute Gasteiger partial charge is 0.325 e. The Morgan fingerprint density at radius 3 is 2.45 bits per heavy atom. The van der Waals surface area contributed by atoms with E-state index in [4.69, 9.17) is 17.3 Å². The van der Waals surface area contributed by atoms with Crippen molar-refractivity contribution in [3.63, 3.8) is 0 Å². The Hall–Kier alpha value is -1.59. The SMILES string of the molecule is CC(=O)Nc1ccc(NC(=O)C(N)CC(C)C)cc1Cl. The molecule has 0 saturated heterocycles. The van der Waals surface area contributed by atoms with Gasteiger partial charge >= 0.3 is 0 Å². The lowest BCUT2D eigenvalue weighted by atomic mass is 10.0. The number of carbonyl (C=O) groups is 2. The Morgan fingerprint density at radius 1 is 1.30 bits per heavy atom. The number of carbonyl (C=O) groups excluding carboxylic acids is 2. The second-order valence-corrected chi connectivity index (χ2v) is 5.51. The van der Waals surface area contributed by atoms with Crippen LogP contribution in [0, 0.1) is 5.92 Å². The number of hydrogen-bond donors (Lipinski definition) is 3. The highest BCUT2D eigenvalue weighted by Crippen LogP contribution is 2.25. The molecule has 1 aromatic rings. The highest BCUT2D eigenvalue weighted by atomic mass is 35.5. The predicted octanol–water partition coefficient (Wildman–Crippen LogP) is 2.61. The standard InChI is InChI=1S/C14H20ClN3O2/c1-8(2)6-12(16)14(20)18-10-4-5-13(11(15)7-10)17-9(3)19/h4-5,7-8,12H,6,16H2,1-3H3,(H,17,19)(H,18,20). The van der Waals surface area contributed by atoms with Crippen LogP contribution in [-0.4, -0.2) is 17.9 Å². The fraction of sp³-hybridized carbons (Fsp3) is 0.429. The van der Waals surface area contributed by atoms with Gasteiger partial charge in [-0.15, -0.1) is 0 Å². The Kier molecular flexibility index (Phi) is 5.98. The molecule has 20 heavy (non-hydrogen) atoms. The maximum Gasteiger partial charge on any atom is 0.241 e. The van der Waals surface area contributed by atoms with E-state index in [9.17, 15) is 9.59 Å². The zero-order valence-electron chi connectivity index (χ0n) is 11.9. The average Bonchev–Trinajstić information content (AvgIpc) is 2.31. The summed E-state index contributed by atoms with van der Waals surface area (Å²) in [4.78, 5) is 22.8. The van der Waals surface area contributed by atoms with E-state index in [2.05, 4.69) is 10.6 Å². The van der Waals surface area contributed by atoms with Crippen LogP contribution in [0.4, 0.5) is 11.4 Å². The summed E-state index contributed by atoms with van der Waals surface area (Å²) >= 11 is 6.02. The van der Waals surface area contributed by atoms with Crippen LogP contribution in [0.3, 0.4) is 0 Å². The number of nitrogens with one attached hydrogen (secondary N) is 2. The van der Waals surface area contributed by atoms with Crippen molar-refractivity contribution in [1.29, 1.82) is 0 Å². The van der Waals surface area contributed by atoms with Crippen molar-refractivity contribution >= 4 is 34.8 Å². The Bertz CT molecular complexity index is 503. The fourth-order valence-electron chi connectivity index (χ4n) is 1.73. The van der Waals surface area contributed by atoms with Crippen molar-refractivity contribution in [2.45, 2.75) is 33.2 Å². The third kappa shape index (κ3) is 5.19. The molecule has 4 N–H and O–H groups in total. The fourth-order valence-corrected chi connectivity index (χ4v) is 1.96. The van der Waals surface area contributed by atoms with Gasteiger partial charge in [0.25, 0.3) is 0 Å². The summed E-state index contributed by atoms with van der Waals surface area (Å²) in [6.45, 7) is 5.41. The van der Waals surface area contributed by atoms with Crippen LogP contribution in [0.15, 0.2) is 18.2 Å². The first-order valence-electron chi connectivity index (χ1n) is 6.43. The van der Waals surface area contributed by atoms with E-state index in [1.807, 2.05) is 13.8 Å². The summed E-state index contributed by atoms with van der Waals surface area (Å²) in [7, 11) is 0. The molecule has 0 aliphatic heterocycles. The van der Waals surface area contributed by atoms with E-state index in [0.717, 1.165) is 0 Å². The topological polar surface area (TPSA) is 84.2 Å². The number of hydrogen-bond acceptors (Lipinski definition) is 3. The summed E-state index contributed by atoms with van der Waals surface area (Å²) < 4.78 is 0. The lowest BCUT2D eigenvalue weighted by molar-refractivity contribution is -0.117. The highest BCUT2D eigenvalue weighted by Gasteiger charge is 2.15. The molecule has 0 radical (unpaired) electrons. The van der Waals surface area contributed by atoms with Gasteiger partial charge < -0.3 is 16.4 Å². The maximum atomic E-state index is 11.9. The number of rotatable bonds is 5. The number of anilines is 2. The maximum absolute atomic E-state index is 11.9. The van der Waals surface area contributed by atoms with Gasteiger partial charge in [0.2, 0.25) is 11.8 Å². The molecule has 0 fully saturated rings. The molecule has 0 aliphatic carbocycles. The molecule has 0 aromatic heterocycles. The van der Waals surface area contributed by atoms with Gasteiger partial charge in [0, 0.05) is 12.6 Å². The molecule has 6 heteroatoms. The molecule has 110 valence electrons. The van der Waals surface area contributed by atoms with E-state index in [1.54, 1.807) is 18.2 Å². The first-order valence-corrected chi connectivity index (χ1v) is 6.81. The van der Waals surface area contributed by atoms with Crippen LogP contribution in [0.2, 0.25) is 5.02 Å². The zero-order valence-corrected chi connectivity index (χ0v) is 12.6. The minimum absolute atomic E-state index is 0.206. The monoisotopic (exact) mass is 297 g/mol. The Morgan fingerprint density at radius 2 is 1.95 bits per heavy atom. The van der Waals surface area contributed by atoms with Crippen molar-refractivity contribution in [2.75, 3.05) is 10.6 Å². The predicted molar refractivity (Wildman–Crippen MR) is 81.8 cm³/mol. The Labute approximate surface area is 123 Å². The number of halogens is 1. The van der Waals surface area contributed by atoms with Crippen molar-refractivity contribution in [3.8, 4) is 0 Å². The van der Waals surface area contributed by atoms with Crippen LogP contribution >= 0.6 is 11.6 Å². The molecule has 1 rings (SSSR count). The molecule has 1 unspecified atom stereocenters. The summed E-state index contributed by atoms with van der Waals surface area (Å²) in [6.07, 6.45) is 0.615. The van der Waals surface area contributed by atoms with E-state index >= 15 is 0 Å². The molecule has 2 amide bonds. The minimum Gasteiger partial charge on any atom is -0.325 e. The van der Waals surface area contributed by atoms with Crippen LogP contribution < -0.4 is 16.4 Å². The molecular formula is C14H20ClN3O2. The van der Waals surface area contributed by atoms with E-state index in [1.165, 1.54) is 6.92 Å². The van der Waals surface area contributed by atoms with E-state index in [-0.39, 0.29) is 11.8 Å². The summed E-state index contributed by atoms with van der Waals surface area (Å²) in [6, 6.07) is 4.32. The van der Waals surface area contributed by atoms with Gasteiger partial charge in [-0.3, -0.25) is 9.59 Å². The quantitative estimate of drug-likeness (QED) is 0.781. The average molecular weight is 298 g/mol. The second kappa shape index (κ2) is 7.26. The zero-order chi connectivity index (χ0) is 15.3.